The number of benzene rings is 2. The van der Waals surface area contributed by atoms with Crippen LogP contribution in [0.1, 0.15) is 88.0 Å². The van der Waals surface area contributed by atoms with Crippen LogP contribution in [0.4, 0.5) is 11.6 Å². The molecular formula is C50H60Cl4N12O2. The van der Waals surface area contributed by atoms with Crippen LogP contribution in [0.2, 0.25) is 20.1 Å². The lowest BCUT2D eigenvalue weighted by atomic mass is 9.80. The lowest BCUT2D eigenvalue weighted by Crippen LogP contribution is -2.54. The van der Waals surface area contributed by atoms with Crippen molar-refractivity contribution in [1.82, 2.24) is 49.3 Å². The number of hydrogen-bond donors (Lipinski definition) is 0. The first kappa shape index (κ1) is 48.6. The molecule has 0 saturated carbocycles. The molecule has 4 aliphatic heterocycles. The molecule has 0 radical (unpaired) electrons. The number of aryl methyl sites for hydroxylation is 2. The molecule has 4 fully saturated rings. The van der Waals surface area contributed by atoms with Gasteiger partial charge in [0.15, 0.2) is 11.3 Å². The fourth-order valence-corrected chi connectivity index (χ4v) is 11.9. The molecule has 0 amide bonds. The Kier molecular flexibility index (Phi) is 14.6. The summed E-state index contributed by atoms with van der Waals surface area (Å²) in [6.07, 6.45) is 8.54. The SMILES string of the molecule is CC(=O)CN1CCC[C@@H](C2CN(c3cnc4c(C)nn([C@H](C)c5ccc(Cl)cc5Cl)c4n3)C2)C1.CC(=O)CN1CCC[C@H](C2CN(c3cnc4c(C)nn([C@H](C)c5ccc(Cl)cc5Cl)c4n3)C2)C1. The molecule has 0 unspecified atom stereocenters. The third-order valence-corrected chi connectivity index (χ3v) is 15.6. The summed E-state index contributed by atoms with van der Waals surface area (Å²) < 4.78 is 3.82. The van der Waals surface area contributed by atoms with Gasteiger partial charge in [-0.3, -0.25) is 19.4 Å². The summed E-state index contributed by atoms with van der Waals surface area (Å²) in [5, 5.41) is 11.9. The van der Waals surface area contributed by atoms with Gasteiger partial charge in [0.2, 0.25) is 0 Å². The van der Waals surface area contributed by atoms with Gasteiger partial charge >= 0.3 is 0 Å². The molecule has 4 aliphatic rings. The fraction of sp³-hybridized carbons (Fsp3) is 0.520. The Hall–Kier alpha value is -4.44. The topological polar surface area (TPSA) is 134 Å². The highest BCUT2D eigenvalue weighted by atomic mass is 35.5. The van der Waals surface area contributed by atoms with E-state index in [1.165, 1.54) is 25.7 Å². The van der Waals surface area contributed by atoms with Crippen LogP contribution in [0.5, 0.6) is 0 Å². The first-order chi connectivity index (χ1) is 32.6. The second-order valence-electron chi connectivity index (χ2n) is 19.6. The lowest BCUT2D eigenvalue weighted by molar-refractivity contribution is -0.119. The quantitative estimate of drug-likeness (QED) is 0.116. The number of anilines is 2. The molecule has 0 N–H and O–H groups in total. The number of carbonyl (C=O) groups is 2. The summed E-state index contributed by atoms with van der Waals surface area (Å²) in [6, 6.07) is 10.9. The number of nitrogens with zero attached hydrogens (tertiary/aromatic N) is 12. The average Bonchev–Trinajstić information content (AvgIpc) is 3.77. The fourth-order valence-electron chi connectivity index (χ4n) is 10.7. The normalized spacial score (nSPS) is 20.5. The zero-order valence-corrected chi connectivity index (χ0v) is 42.7. The van der Waals surface area contributed by atoms with Gasteiger partial charge in [0.05, 0.1) is 49.0 Å². The molecule has 360 valence electrons. The maximum atomic E-state index is 11.5. The van der Waals surface area contributed by atoms with E-state index in [0.29, 0.717) is 56.9 Å². The largest absolute Gasteiger partial charge is 0.355 e. The lowest BCUT2D eigenvalue weighted by Gasteiger charge is -2.46. The minimum Gasteiger partial charge on any atom is -0.355 e. The number of aromatic nitrogens is 8. The van der Waals surface area contributed by atoms with Gasteiger partial charge in [-0.15, -0.1) is 0 Å². The monoisotopic (exact) mass is 1000 g/mol. The number of fused-ring (bicyclic) bond motifs is 2. The molecule has 4 saturated heterocycles. The average molecular weight is 1000 g/mol. The smallest absolute Gasteiger partial charge is 0.179 e. The van der Waals surface area contributed by atoms with Gasteiger partial charge in [-0.25, -0.2) is 29.3 Å². The van der Waals surface area contributed by atoms with Gasteiger partial charge in [0.25, 0.3) is 0 Å². The first-order valence-corrected chi connectivity index (χ1v) is 25.4. The number of piperidine rings is 2. The Bertz CT molecular complexity index is 2630. The van der Waals surface area contributed by atoms with Crippen LogP contribution in [-0.2, 0) is 9.59 Å². The van der Waals surface area contributed by atoms with Crippen LogP contribution in [-0.4, -0.2) is 126 Å². The molecule has 18 heteroatoms. The Balaban J connectivity index is 0.000000170. The van der Waals surface area contributed by atoms with Gasteiger partial charge < -0.3 is 9.80 Å². The molecule has 4 aromatic heterocycles. The van der Waals surface area contributed by atoms with Crippen molar-refractivity contribution >= 4 is 91.9 Å². The highest BCUT2D eigenvalue weighted by Crippen LogP contribution is 2.37. The van der Waals surface area contributed by atoms with Crippen molar-refractivity contribution in [2.45, 2.75) is 79.3 Å². The second-order valence-corrected chi connectivity index (χ2v) is 21.2. The molecule has 14 nitrogen and oxygen atoms in total. The Morgan fingerprint density at radius 2 is 1.00 bits per heavy atom. The number of Topliss-reactive ketones (excluding diaryl/α,β-unsaturated/α-hetero) is 2. The van der Waals surface area contributed by atoms with E-state index in [1.807, 2.05) is 59.9 Å². The van der Waals surface area contributed by atoms with Gasteiger partial charge in [0.1, 0.15) is 34.2 Å². The van der Waals surface area contributed by atoms with E-state index in [4.69, 9.17) is 76.5 Å². The highest BCUT2D eigenvalue weighted by Gasteiger charge is 2.38. The van der Waals surface area contributed by atoms with Gasteiger partial charge in [-0.05, 0) is 139 Å². The van der Waals surface area contributed by atoms with E-state index in [2.05, 4.69) is 33.4 Å². The summed E-state index contributed by atoms with van der Waals surface area (Å²) in [6.45, 7) is 20.6. The Morgan fingerprint density at radius 3 is 1.37 bits per heavy atom. The summed E-state index contributed by atoms with van der Waals surface area (Å²) in [7, 11) is 0. The van der Waals surface area contributed by atoms with E-state index in [9.17, 15) is 9.59 Å². The third-order valence-electron chi connectivity index (χ3n) is 14.5. The molecule has 0 bridgehead atoms. The van der Waals surface area contributed by atoms with Crippen LogP contribution < -0.4 is 9.80 Å². The molecular weight excluding hydrogens is 942 g/mol. The minimum absolute atomic E-state index is 0.107. The molecule has 0 aliphatic carbocycles. The number of halogens is 4. The van der Waals surface area contributed by atoms with Crippen LogP contribution in [0.3, 0.4) is 0 Å². The van der Waals surface area contributed by atoms with Crippen molar-refractivity contribution in [2.24, 2.45) is 23.7 Å². The highest BCUT2D eigenvalue weighted by molar-refractivity contribution is 6.35. The van der Waals surface area contributed by atoms with Crippen LogP contribution >= 0.6 is 46.4 Å². The molecule has 0 spiro atoms. The van der Waals surface area contributed by atoms with Crippen molar-refractivity contribution in [2.75, 3.05) is 75.2 Å². The van der Waals surface area contributed by atoms with Crippen LogP contribution in [0.15, 0.2) is 48.8 Å². The Morgan fingerprint density at radius 1 is 0.603 bits per heavy atom. The molecule has 10 rings (SSSR count). The maximum absolute atomic E-state index is 11.5. The molecule has 8 heterocycles. The summed E-state index contributed by atoms with van der Waals surface area (Å²) in [5.41, 5.74) is 6.73. The number of rotatable bonds is 12. The predicted octanol–water partition coefficient (Wildman–Crippen LogP) is 9.58. The van der Waals surface area contributed by atoms with Gasteiger partial charge in [-0.1, -0.05) is 58.5 Å². The summed E-state index contributed by atoms with van der Waals surface area (Å²) in [5.74, 6) is 4.81. The van der Waals surface area contributed by atoms with Gasteiger partial charge in [0, 0.05) is 59.4 Å². The van der Waals surface area contributed by atoms with E-state index in [0.717, 1.165) is 109 Å². The van der Waals surface area contributed by atoms with E-state index in [-0.39, 0.29) is 23.7 Å². The van der Waals surface area contributed by atoms with Crippen molar-refractivity contribution < 1.29 is 9.59 Å². The first-order valence-electron chi connectivity index (χ1n) is 23.9. The van der Waals surface area contributed by atoms with Crippen molar-refractivity contribution in [3.8, 4) is 0 Å². The van der Waals surface area contributed by atoms with E-state index < -0.39 is 0 Å². The third kappa shape index (κ3) is 10.4. The molecule has 6 aromatic rings. The zero-order chi connectivity index (χ0) is 48.0. The van der Waals surface area contributed by atoms with Crippen LogP contribution in [0, 0.1) is 37.5 Å². The molecule has 68 heavy (non-hydrogen) atoms. The van der Waals surface area contributed by atoms with Crippen molar-refractivity contribution in [3.63, 3.8) is 0 Å². The predicted molar refractivity (Wildman–Crippen MR) is 272 cm³/mol. The number of carbonyl (C=O) groups excluding carboxylic acids is 2. The number of likely N-dealkylation sites (tertiary alicyclic amines) is 2. The molecule has 4 atom stereocenters. The second kappa shape index (κ2) is 20.5. The van der Waals surface area contributed by atoms with Crippen LogP contribution in [0.25, 0.3) is 22.3 Å². The Labute approximate surface area is 418 Å². The van der Waals surface area contributed by atoms with Crippen molar-refractivity contribution in [3.05, 3.63) is 91.4 Å². The molecule has 2 aromatic carbocycles. The summed E-state index contributed by atoms with van der Waals surface area (Å²) in [4.78, 5) is 51.7. The maximum Gasteiger partial charge on any atom is 0.179 e. The van der Waals surface area contributed by atoms with E-state index >= 15 is 0 Å². The van der Waals surface area contributed by atoms with E-state index in [1.54, 1.807) is 26.0 Å². The minimum atomic E-state index is -0.107. The summed E-state index contributed by atoms with van der Waals surface area (Å²) >= 11 is 25.1. The number of ketones is 2. The number of hydrogen-bond acceptors (Lipinski definition) is 12. The standard InChI is InChI=1S/2C25H30Cl2N6O/c2*1-15(34)11-31-8-4-5-18(12-31)19-13-32(14-19)23-10-28-24-16(2)30-33(25(24)29-23)17(3)21-7-6-20(26)9-22(21)27/h2*6-7,9-10,17-19H,4-5,8,11-14H2,1-3H3/t17-,18+;17-,18-/m11/s1. The van der Waals surface area contributed by atoms with Crippen molar-refractivity contribution in [1.29, 1.82) is 0 Å². The zero-order valence-electron chi connectivity index (χ0n) is 39.7. The van der Waals surface area contributed by atoms with Gasteiger partial charge in [-0.2, -0.15) is 10.2 Å².